The van der Waals surface area contributed by atoms with Crippen molar-refractivity contribution in [2.75, 3.05) is 5.32 Å². The Morgan fingerprint density at radius 2 is 2.05 bits per heavy atom. The first-order valence-electron chi connectivity index (χ1n) is 5.74. The van der Waals surface area contributed by atoms with Crippen LogP contribution in [0.1, 0.15) is 5.56 Å². The summed E-state index contributed by atoms with van der Waals surface area (Å²) in [5, 5.41) is 6.01. The highest BCUT2D eigenvalue weighted by molar-refractivity contribution is 7.17. The fraction of sp³-hybridized carbons (Fsp3) is 0.0714. The fourth-order valence-electron chi connectivity index (χ4n) is 1.89. The van der Waals surface area contributed by atoms with Crippen molar-refractivity contribution in [3.05, 3.63) is 59.1 Å². The molecular weight excluding hydrogens is 266 g/mol. The Morgan fingerprint density at radius 3 is 2.95 bits per heavy atom. The zero-order valence-corrected chi connectivity index (χ0v) is 10.7. The number of halogens is 2. The predicted octanol–water partition coefficient (Wildman–Crippen LogP) is 4.19. The van der Waals surface area contributed by atoms with Crippen LogP contribution in [0.2, 0.25) is 0 Å². The molecule has 2 nitrogen and oxygen atoms in total. The van der Waals surface area contributed by atoms with Crippen molar-refractivity contribution < 1.29 is 8.78 Å². The lowest BCUT2D eigenvalue weighted by Crippen LogP contribution is -2.04. The Bertz CT molecular complexity index is 724. The van der Waals surface area contributed by atoms with Gasteiger partial charge in [-0.15, -0.1) is 11.3 Å². The zero-order chi connectivity index (χ0) is 13.2. The molecule has 2 aromatic heterocycles. The number of aromatic nitrogens is 1. The van der Waals surface area contributed by atoms with Crippen molar-refractivity contribution in [3.63, 3.8) is 0 Å². The summed E-state index contributed by atoms with van der Waals surface area (Å²) in [5.41, 5.74) is 0.286. The van der Waals surface area contributed by atoms with Gasteiger partial charge >= 0.3 is 0 Å². The summed E-state index contributed by atoms with van der Waals surface area (Å²) in [6.45, 7) is 0.200. The largest absolute Gasteiger partial charge is 0.365 e. The maximum Gasteiger partial charge on any atom is 0.134 e. The summed E-state index contributed by atoms with van der Waals surface area (Å²) in [4.78, 5) is 4.23. The summed E-state index contributed by atoms with van der Waals surface area (Å²) < 4.78 is 27.7. The highest BCUT2D eigenvalue weighted by Crippen LogP contribution is 2.26. The van der Waals surface area contributed by atoms with Gasteiger partial charge in [0.05, 0.1) is 0 Å². The van der Waals surface area contributed by atoms with Gasteiger partial charge in [0.1, 0.15) is 17.5 Å². The van der Waals surface area contributed by atoms with Crippen LogP contribution in [0.3, 0.4) is 0 Å². The molecule has 0 spiro atoms. The number of hydrogen-bond acceptors (Lipinski definition) is 3. The Hall–Kier alpha value is -2.01. The molecule has 5 heteroatoms. The van der Waals surface area contributed by atoms with Crippen molar-refractivity contribution in [1.82, 2.24) is 4.98 Å². The number of benzene rings is 1. The average Bonchev–Trinajstić information content (AvgIpc) is 2.88. The van der Waals surface area contributed by atoms with Crippen molar-refractivity contribution in [3.8, 4) is 0 Å². The van der Waals surface area contributed by atoms with Gasteiger partial charge in [0.15, 0.2) is 0 Å². The summed E-state index contributed by atoms with van der Waals surface area (Å²) >= 11 is 1.61. The lowest BCUT2D eigenvalue weighted by molar-refractivity contribution is 0.587. The molecule has 0 fully saturated rings. The summed E-state index contributed by atoms with van der Waals surface area (Å²) in [6.07, 6.45) is 1.70. The van der Waals surface area contributed by atoms with E-state index in [1.54, 1.807) is 17.5 Å². The molecule has 0 saturated heterocycles. The molecule has 1 N–H and O–H groups in total. The van der Waals surface area contributed by atoms with Crippen LogP contribution in [-0.4, -0.2) is 4.98 Å². The lowest BCUT2D eigenvalue weighted by Gasteiger charge is -2.07. The smallest absolute Gasteiger partial charge is 0.134 e. The third-order valence-electron chi connectivity index (χ3n) is 2.83. The van der Waals surface area contributed by atoms with Crippen molar-refractivity contribution in [2.24, 2.45) is 0 Å². The van der Waals surface area contributed by atoms with Crippen LogP contribution in [0.15, 0.2) is 41.9 Å². The van der Waals surface area contributed by atoms with Gasteiger partial charge in [-0.3, -0.25) is 0 Å². The molecule has 0 amide bonds. The Labute approximate surface area is 112 Å². The van der Waals surface area contributed by atoms with Crippen LogP contribution < -0.4 is 5.32 Å². The second kappa shape index (κ2) is 4.93. The quantitative estimate of drug-likeness (QED) is 0.776. The predicted molar refractivity (Wildman–Crippen MR) is 73.3 cm³/mol. The number of anilines is 1. The van der Waals surface area contributed by atoms with Crippen molar-refractivity contribution >= 4 is 27.2 Å². The molecule has 0 unspecified atom stereocenters. The minimum absolute atomic E-state index is 0.200. The first-order valence-corrected chi connectivity index (χ1v) is 6.62. The maximum absolute atomic E-state index is 13.5. The molecule has 96 valence electrons. The molecule has 0 aliphatic rings. The lowest BCUT2D eigenvalue weighted by atomic mass is 10.2. The molecule has 1 aromatic carbocycles. The molecule has 0 radical (unpaired) electrons. The highest BCUT2D eigenvalue weighted by Gasteiger charge is 2.06. The topological polar surface area (TPSA) is 24.9 Å². The van der Waals surface area contributed by atoms with Gasteiger partial charge in [0.2, 0.25) is 0 Å². The number of pyridine rings is 1. The molecule has 0 saturated carbocycles. The number of hydrogen-bond donors (Lipinski definition) is 1. The second-order valence-corrected chi connectivity index (χ2v) is 5.03. The van der Waals surface area contributed by atoms with Gasteiger partial charge in [-0.05, 0) is 35.7 Å². The first-order chi connectivity index (χ1) is 9.24. The van der Waals surface area contributed by atoms with E-state index in [0.717, 1.165) is 22.2 Å². The van der Waals surface area contributed by atoms with E-state index in [4.69, 9.17) is 0 Å². The zero-order valence-electron chi connectivity index (χ0n) is 9.86. The van der Waals surface area contributed by atoms with Gasteiger partial charge in [-0.2, -0.15) is 0 Å². The van der Waals surface area contributed by atoms with Gasteiger partial charge in [0.25, 0.3) is 0 Å². The number of fused-ring (bicyclic) bond motifs is 1. The van der Waals surface area contributed by atoms with Crippen LogP contribution >= 0.6 is 11.3 Å². The Balaban J connectivity index is 1.86. The van der Waals surface area contributed by atoms with E-state index in [9.17, 15) is 8.78 Å². The van der Waals surface area contributed by atoms with Gasteiger partial charge in [-0.25, -0.2) is 13.8 Å². The van der Waals surface area contributed by atoms with E-state index in [1.165, 1.54) is 6.07 Å². The van der Waals surface area contributed by atoms with Gasteiger partial charge < -0.3 is 5.32 Å². The van der Waals surface area contributed by atoms with E-state index in [-0.39, 0.29) is 12.1 Å². The van der Waals surface area contributed by atoms with E-state index < -0.39 is 11.6 Å². The fourth-order valence-corrected chi connectivity index (χ4v) is 2.68. The first kappa shape index (κ1) is 12.0. The van der Waals surface area contributed by atoms with Crippen LogP contribution in [0.25, 0.3) is 10.1 Å². The third-order valence-corrected chi connectivity index (χ3v) is 3.72. The maximum atomic E-state index is 13.5. The Kier molecular flexibility index (Phi) is 3.13. The molecule has 0 aliphatic heterocycles. The standard InChI is InChI=1S/C14H10F2N2S/c15-10-1-2-12(16)9(7-10)8-18-14-11-4-6-19-13(11)3-5-17-14/h1-7H,8H2,(H,17,18). The average molecular weight is 276 g/mol. The number of nitrogens with zero attached hydrogens (tertiary/aromatic N) is 1. The van der Waals surface area contributed by atoms with Gasteiger partial charge in [0, 0.05) is 28.4 Å². The van der Waals surface area contributed by atoms with E-state index in [2.05, 4.69) is 10.3 Å². The van der Waals surface area contributed by atoms with Crippen LogP contribution in [0, 0.1) is 11.6 Å². The molecular formula is C14H10F2N2S. The molecule has 3 aromatic rings. The Morgan fingerprint density at radius 1 is 1.16 bits per heavy atom. The number of thiophene rings is 1. The summed E-state index contributed by atoms with van der Waals surface area (Å²) in [7, 11) is 0. The van der Waals surface area contributed by atoms with Crippen LogP contribution in [0.4, 0.5) is 14.6 Å². The molecule has 19 heavy (non-hydrogen) atoms. The van der Waals surface area contributed by atoms with E-state index in [0.29, 0.717) is 5.82 Å². The monoisotopic (exact) mass is 276 g/mol. The van der Waals surface area contributed by atoms with Crippen LogP contribution in [0.5, 0.6) is 0 Å². The summed E-state index contributed by atoms with van der Waals surface area (Å²) in [5.74, 6) is -0.186. The molecule has 2 heterocycles. The summed E-state index contributed by atoms with van der Waals surface area (Å²) in [6, 6.07) is 7.31. The molecule has 3 rings (SSSR count). The van der Waals surface area contributed by atoms with Crippen molar-refractivity contribution in [2.45, 2.75) is 6.54 Å². The number of rotatable bonds is 3. The van der Waals surface area contributed by atoms with Crippen molar-refractivity contribution in [1.29, 1.82) is 0 Å². The molecule has 0 aliphatic carbocycles. The minimum atomic E-state index is -0.445. The molecule has 0 atom stereocenters. The van der Waals surface area contributed by atoms with E-state index >= 15 is 0 Å². The second-order valence-electron chi connectivity index (χ2n) is 4.08. The molecule has 0 bridgehead atoms. The normalized spacial score (nSPS) is 10.8. The third kappa shape index (κ3) is 2.42. The minimum Gasteiger partial charge on any atom is -0.365 e. The SMILES string of the molecule is Fc1ccc(F)c(CNc2nccc3sccc23)c1. The highest BCUT2D eigenvalue weighted by atomic mass is 32.1. The van der Waals surface area contributed by atoms with Crippen LogP contribution in [-0.2, 0) is 6.54 Å². The van der Waals surface area contributed by atoms with Gasteiger partial charge in [-0.1, -0.05) is 0 Å². The number of nitrogens with one attached hydrogen (secondary N) is 1. The van der Waals surface area contributed by atoms with E-state index in [1.807, 2.05) is 17.5 Å².